The Balaban J connectivity index is 1.81. The summed E-state index contributed by atoms with van der Waals surface area (Å²) in [6, 6.07) is 22.8. The predicted octanol–water partition coefficient (Wildman–Crippen LogP) is 5.05. The standard InChI is InChI=1S/C25H21NO4/c1-3-29-20-14-12-18(13-15-20)24(27)17(2)30-25(28)23-11-7-6-10-22(23)21-9-5-4-8-19(21)16-26/h4-15,17H,3H2,1-2H3/t17-/m0/s1. The molecule has 0 bridgehead atoms. The molecule has 0 fully saturated rings. The number of hydrogen-bond acceptors (Lipinski definition) is 5. The van der Waals surface area contributed by atoms with E-state index in [1.54, 1.807) is 79.7 Å². The van der Waals surface area contributed by atoms with Gasteiger partial charge in [-0.05, 0) is 55.8 Å². The lowest BCUT2D eigenvalue weighted by Crippen LogP contribution is -2.24. The summed E-state index contributed by atoms with van der Waals surface area (Å²) in [5, 5.41) is 9.39. The number of Topliss-reactive ketones (excluding diaryl/α,β-unsaturated/α-hetero) is 1. The highest BCUT2D eigenvalue weighted by molar-refractivity contribution is 6.03. The van der Waals surface area contributed by atoms with E-state index in [0.29, 0.717) is 40.2 Å². The van der Waals surface area contributed by atoms with Gasteiger partial charge in [-0.25, -0.2) is 4.79 Å². The molecule has 0 spiro atoms. The lowest BCUT2D eigenvalue weighted by Gasteiger charge is -2.15. The van der Waals surface area contributed by atoms with Gasteiger partial charge in [-0.3, -0.25) is 4.79 Å². The zero-order chi connectivity index (χ0) is 21.5. The van der Waals surface area contributed by atoms with Crippen LogP contribution in [0.2, 0.25) is 0 Å². The van der Waals surface area contributed by atoms with E-state index in [0.717, 1.165) is 0 Å². The second-order valence-corrected chi connectivity index (χ2v) is 6.57. The average molecular weight is 399 g/mol. The average Bonchev–Trinajstić information content (AvgIpc) is 2.79. The molecule has 0 aliphatic heterocycles. The summed E-state index contributed by atoms with van der Waals surface area (Å²) in [4.78, 5) is 25.5. The third kappa shape index (κ3) is 4.56. The van der Waals surface area contributed by atoms with Gasteiger partial charge in [0.1, 0.15) is 5.75 Å². The van der Waals surface area contributed by atoms with Gasteiger partial charge in [-0.1, -0.05) is 36.4 Å². The molecule has 0 unspecified atom stereocenters. The lowest BCUT2D eigenvalue weighted by atomic mass is 9.96. The molecule has 0 aliphatic rings. The van der Waals surface area contributed by atoms with Crippen molar-refractivity contribution < 1.29 is 19.1 Å². The first kappa shape index (κ1) is 20.8. The number of nitrogens with zero attached hydrogens (tertiary/aromatic N) is 1. The van der Waals surface area contributed by atoms with E-state index in [1.165, 1.54) is 0 Å². The third-order valence-corrected chi connectivity index (χ3v) is 4.59. The molecule has 0 amide bonds. The summed E-state index contributed by atoms with van der Waals surface area (Å²) in [5.41, 5.74) is 2.41. The number of carbonyl (C=O) groups is 2. The minimum absolute atomic E-state index is 0.298. The highest BCUT2D eigenvalue weighted by Crippen LogP contribution is 2.27. The molecule has 150 valence electrons. The van der Waals surface area contributed by atoms with Crippen LogP contribution in [-0.4, -0.2) is 24.5 Å². The maximum atomic E-state index is 12.8. The molecule has 0 aliphatic carbocycles. The Morgan fingerprint density at radius 3 is 2.23 bits per heavy atom. The highest BCUT2D eigenvalue weighted by Gasteiger charge is 2.23. The van der Waals surface area contributed by atoms with E-state index in [-0.39, 0.29) is 5.78 Å². The zero-order valence-electron chi connectivity index (χ0n) is 16.8. The molecule has 0 heterocycles. The molecule has 0 saturated heterocycles. The van der Waals surface area contributed by atoms with Crippen molar-refractivity contribution in [3.63, 3.8) is 0 Å². The van der Waals surface area contributed by atoms with Gasteiger partial charge in [0.15, 0.2) is 6.10 Å². The summed E-state index contributed by atoms with van der Waals surface area (Å²) < 4.78 is 10.8. The van der Waals surface area contributed by atoms with Gasteiger partial charge in [-0.2, -0.15) is 5.26 Å². The summed E-state index contributed by atoms with van der Waals surface area (Å²) in [6.07, 6.45) is -0.963. The Bertz CT molecular complexity index is 1100. The Kier molecular flexibility index (Phi) is 6.61. The van der Waals surface area contributed by atoms with Gasteiger partial charge >= 0.3 is 5.97 Å². The van der Waals surface area contributed by atoms with E-state index in [9.17, 15) is 14.9 Å². The molecule has 0 radical (unpaired) electrons. The van der Waals surface area contributed by atoms with E-state index in [2.05, 4.69) is 6.07 Å². The Morgan fingerprint density at radius 1 is 0.933 bits per heavy atom. The van der Waals surface area contributed by atoms with Gasteiger partial charge in [0.2, 0.25) is 5.78 Å². The largest absolute Gasteiger partial charge is 0.494 e. The Morgan fingerprint density at radius 2 is 1.57 bits per heavy atom. The van der Waals surface area contributed by atoms with Crippen LogP contribution in [0.1, 0.15) is 40.1 Å². The quantitative estimate of drug-likeness (QED) is 0.410. The van der Waals surface area contributed by atoms with Gasteiger partial charge in [0, 0.05) is 11.1 Å². The maximum Gasteiger partial charge on any atom is 0.339 e. The minimum atomic E-state index is -0.963. The highest BCUT2D eigenvalue weighted by atomic mass is 16.5. The fourth-order valence-electron chi connectivity index (χ4n) is 3.11. The van der Waals surface area contributed by atoms with Crippen LogP contribution in [0.3, 0.4) is 0 Å². The number of rotatable bonds is 7. The molecule has 30 heavy (non-hydrogen) atoms. The Hall–Kier alpha value is -3.91. The number of nitriles is 1. The monoisotopic (exact) mass is 399 g/mol. The predicted molar refractivity (Wildman–Crippen MR) is 113 cm³/mol. The number of hydrogen-bond donors (Lipinski definition) is 0. The molecule has 0 aromatic heterocycles. The third-order valence-electron chi connectivity index (χ3n) is 4.59. The van der Waals surface area contributed by atoms with Crippen molar-refractivity contribution >= 4 is 11.8 Å². The molecule has 5 heteroatoms. The van der Waals surface area contributed by atoms with Gasteiger partial charge < -0.3 is 9.47 Å². The topological polar surface area (TPSA) is 76.4 Å². The van der Waals surface area contributed by atoms with Gasteiger partial charge in [0.25, 0.3) is 0 Å². The smallest absolute Gasteiger partial charge is 0.339 e. The van der Waals surface area contributed by atoms with Crippen LogP contribution in [0, 0.1) is 11.3 Å². The fourth-order valence-corrected chi connectivity index (χ4v) is 3.11. The van der Waals surface area contributed by atoms with E-state index < -0.39 is 12.1 Å². The normalized spacial score (nSPS) is 11.2. The van der Waals surface area contributed by atoms with Crippen LogP contribution in [0.4, 0.5) is 0 Å². The maximum absolute atomic E-state index is 12.8. The minimum Gasteiger partial charge on any atom is -0.494 e. The zero-order valence-corrected chi connectivity index (χ0v) is 16.8. The summed E-state index contributed by atoms with van der Waals surface area (Å²) in [6.45, 7) is 3.96. The molecule has 0 saturated carbocycles. The van der Waals surface area contributed by atoms with Crippen molar-refractivity contribution in [2.24, 2.45) is 0 Å². The molecular weight excluding hydrogens is 378 g/mol. The molecule has 3 aromatic carbocycles. The molecule has 3 aromatic rings. The number of benzene rings is 3. The molecule has 0 N–H and O–H groups in total. The van der Waals surface area contributed by atoms with E-state index in [4.69, 9.17) is 9.47 Å². The van der Waals surface area contributed by atoms with Gasteiger partial charge in [-0.15, -0.1) is 0 Å². The number of ether oxygens (including phenoxy) is 2. The fraction of sp³-hybridized carbons (Fsp3) is 0.160. The number of ketones is 1. The van der Waals surface area contributed by atoms with Crippen LogP contribution in [0.15, 0.2) is 72.8 Å². The summed E-state index contributed by atoms with van der Waals surface area (Å²) in [5.74, 6) is -0.254. The molecule has 3 rings (SSSR count). The number of esters is 1. The second kappa shape index (κ2) is 9.53. The van der Waals surface area contributed by atoms with Crippen molar-refractivity contribution in [2.45, 2.75) is 20.0 Å². The second-order valence-electron chi connectivity index (χ2n) is 6.57. The van der Waals surface area contributed by atoms with Crippen molar-refractivity contribution in [1.82, 2.24) is 0 Å². The summed E-state index contributed by atoms with van der Waals surface area (Å²) >= 11 is 0. The van der Waals surface area contributed by atoms with Crippen LogP contribution >= 0.6 is 0 Å². The Labute approximate surface area is 175 Å². The van der Waals surface area contributed by atoms with Crippen LogP contribution < -0.4 is 4.74 Å². The first-order valence-electron chi connectivity index (χ1n) is 9.61. The van der Waals surface area contributed by atoms with E-state index >= 15 is 0 Å². The van der Waals surface area contributed by atoms with Crippen LogP contribution in [0.5, 0.6) is 5.75 Å². The van der Waals surface area contributed by atoms with Crippen molar-refractivity contribution in [1.29, 1.82) is 5.26 Å². The SMILES string of the molecule is CCOc1ccc(C(=O)[C@H](C)OC(=O)c2ccccc2-c2ccccc2C#N)cc1. The van der Waals surface area contributed by atoms with Crippen LogP contribution in [0.25, 0.3) is 11.1 Å². The molecule has 1 atom stereocenters. The molecular formula is C25H21NO4. The van der Waals surface area contributed by atoms with Crippen molar-refractivity contribution in [3.05, 3.63) is 89.5 Å². The van der Waals surface area contributed by atoms with Gasteiger partial charge in [0.05, 0.1) is 23.8 Å². The van der Waals surface area contributed by atoms with E-state index in [1.807, 2.05) is 6.92 Å². The first-order chi connectivity index (χ1) is 14.5. The molecule has 5 nitrogen and oxygen atoms in total. The number of carbonyl (C=O) groups excluding carboxylic acids is 2. The summed E-state index contributed by atoms with van der Waals surface area (Å²) in [7, 11) is 0. The van der Waals surface area contributed by atoms with Crippen LogP contribution in [-0.2, 0) is 4.74 Å². The van der Waals surface area contributed by atoms with Crippen molar-refractivity contribution in [3.8, 4) is 22.9 Å². The first-order valence-corrected chi connectivity index (χ1v) is 9.61. The van der Waals surface area contributed by atoms with Crippen molar-refractivity contribution in [2.75, 3.05) is 6.61 Å². The lowest BCUT2D eigenvalue weighted by molar-refractivity contribution is 0.0319.